The number of nitriles is 1. The summed E-state index contributed by atoms with van der Waals surface area (Å²) in [6.07, 6.45) is -2.16. The minimum atomic E-state index is -4.82. The van der Waals surface area contributed by atoms with E-state index in [1.807, 2.05) is 0 Å². The first-order chi connectivity index (χ1) is 16.5. The van der Waals surface area contributed by atoms with Crippen LogP contribution in [0.2, 0.25) is 0 Å². The predicted molar refractivity (Wildman–Crippen MR) is 121 cm³/mol. The highest BCUT2D eigenvalue weighted by atomic mass is 19.4. The van der Waals surface area contributed by atoms with E-state index in [2.05, 4.69) is 0 Å². The van der Waals surface area contributed by atoms with Gasteiger partial charge < -0.3 is 5.73 Å². The maximum absolute atomic E-state index is 13.5. The second-order valence-corrected chi connectivity index (χ2v) is 8.99. The number of alkyl halides is 3. The van der Waals surface area contributed by atoms with Crippen LogP contribution in [0.25, 0.3) is 0 Å². The molecule has 1 atom stereocenters. The van der Waals surface area contributed by atoms with Crippen LogP contribution in [0.3, 0.4) is 0 Å². The van der Waals surface area contributed by atoms with Gasteiger partial charge in [0.1, 0.15) is 5.54 Å². The fourth-order valence-electron chi connectivity index (χ4n) is 4.55. The van der Waals surface area contributed by atoms with E-state index < -0.39 is 34.8 Å². The molecule has 4 rings (SSSR count). The summed E-state index contributed by atoms with van der Waals surface area (Å²) in [5, 5.41) is 9.05. The number of primary amides is 1. The first kappa shape index (κ1) is 24.3. The predicted octanol–water partition coefficient (Wildman–Crippen LogP) is 4.53. The summed E-state index contributed by atoms with van der Waals surface area (Å²) in [6, 6.07) is 10.6. The SMILES string of the molecule is CC(CCc1ccc(N2C(=O)N(c3ccc(C#N)c(C(F)(F)F)c3)C(=O)C23CCC3)cc1)C(N)=O. The van der Waals surface area contributed by atoms with Gasteiger partial charge in [0.15, 0.2) is 0 Å². The molecule has 1 aliphatic heterocycles. The number of nitrogens with zero attached hydrogens (tertiary/aromatic N) is 3. The number of hydrogen-bond acceptors (Lipinski definition) is 4. The Balaban J connectivity index is 1.66. The number of urea groups is 1. The van der Waals surface area contributed by atoms with Crippen LogP contribution in [0.1, 0.15) is 49.3 Å². The van der Waals surface area contributed by atoms with E-state index in [0.717, 1.165) is 16.5 Å². The van der Waals surface area contributed by atoms with Crippen molar-refractivity contribution in [3.8, 4) is 6.07 Å². The van der Waals surface area contributed by atoms with Crippen LogP contribution in [0.15, 0.2) is 42.5 Å². The lowest BCUT2D eigenvalue weighted by molar-refractivity contribution is -0.137. The summed E-state index contributed by atoms with van der Waals surface area (Å²) in [4.78, 5) is 40.2. The summed E-state index contributed by atoms with van der Waals surface area (Å²) in [5.41, 5.74) is 3.52. The third-order valence-corrected chi connectivity index (χ3v) is 6.83. The van der Waals surface area contributed by atoms with E-state index in [-0.39, 0.29) is 17.5 Å². The van der Waals surface area contributed by atoms with Crippen molar-refractivity contribution in [1.82, 2.24) is 0 Å². The number of hydrogen-bond donors (Lipinski definition) is 1. The Labute approximate surface area is 199 Å². The van der Waals surface area contributed by atoms with Crippen LogP contribution in [-0.4, -0.2) is 23.4 Å². The minimum Gasteiger partial charge on any atom is -0.369 e. The molecule has 1 saturated heterocycles. The molecule has 2 aromatic carbocycles. The monoisotopic (exact) mass is 484 g/mol. The average Bonchev–Trinajstić information content (AvgIpc) is 3.03. The third-order valence-electron chi connectivity index (χ3n) is 6.83. The van der Waals surface area contributed by atoms with Crippen molar-refractivity contribution in [3.63, 3.8) is 0 Å². The van der Waals surface area contributed by atoms with Gasteiger partial charge in [-0.2, -0.15) is 18.4 Å². The van der Waals surface area contributed by atoms with Gasteiger partial charge in [0.25, 0.3) is 5.91 Å². The van der Waals surface area contributed by atoms with Gasteiger partial charge in [-0.05, 0) is 68.0 Å². The van der Waals surface area contributed by atoms with E-state index in [1.165, 1.54) is 17.0 Å². The van der Waals surface area contributed by atoms with Crippen LogP contribution in [0.4, 0.5) is 29.3 Å². The van der Waals surface area contributed by atoms with Crippen molar-refractivity contribution in [2.75, 3.05) is 9.80 Å². The van der Waals surface area contributed by atoms with E-state index >= 15 is 0 Å². The molecule has 2 aromatic rings. The molecular weight excluding hydrogens is 461 g/mol. The molecule has 1 aliphatic carbocycles. The largest absolute Gasteiger partial charge is 0.417 e. The molecule has 1 heterocycles. The summed E-state index contributed by atoms with van der Waals surface area (Å²) in [6.45, 7) is 1.74. The molecule has 1 spiro atoms. The Morgan fingerprint density at radius 3 is 2.29 bits per heavy atom. The number of benzene rings is 2. The molecule has 10 heteroatoms. The fraction of sp³-hybridized carbons (Fsp3) is 0.360. The first-order valence-corrected chi connectivity index (χ1v) is 11.2. The summed E-state index contributed by atoms with van der Waals surface area (Å²) < 4.78 is 40.5. The number of nitrogens with two attached hydrogens (primary N) is 1. The fourth-order valence-corrected chi connectivity index (χ4v) is 4.55. The van der Waals surface area contributed by atoms with Crippen molar-refractivity contribution in [2.24, 2.45) is 11.7 Å². The maximum atomic E-state index is 13.5. The van der Waals surface area contributed by atoms with Crippen LogP contribution in [-0.2, 0) is 22.2 Å². The number of aryl methyl sites for hydroxylation is 1. The number of halogens is 3. The summed E-state index contributed by atoms with van der Waals surface area (Å²) >= 11 is 0. The normalized spacial score (nSPS) is 17.9. The van der Waals surface area contributed by atoms with E-state index in [4.69, 9.17) is 11.0 Å². The van der Waals surface area contributed by atoms with E-state index in [1.54, 1.807) is 31.2 Å². The van der Waals surface area contributed by atoms with Gasteiger partial charge in [-0.1, -0.05) is 19.1 Å². The standard InChI is InChI=1S/C25H23F3N4O3/c1-15(21(30)33)3-4-16-5-8-18(9-6-16)32-23(35)31(22(34)24(32)11-2-12-24)19-10-7-17(14-29)20(13-19)25(26,27)28/h5-10,13,15H,2-4,11-12H2,1H3,(H2,30,33). The third kappa shape index (κ3) is 4.11. The quantitative estimate of drug-likeness (QED) is 0.608. The van der Waals surface area contributed by atoms with Crippen LogP contribution in [0.5, 0.6) is 0 Å². The Morgan fingerprint density at radius 2 is 1.77 bits per heavy atom. The number of amides is 4. The Kier molecular flexibility index (Phi) is 6.05. The molecule has 1 saturated carbocycles. The highest BCUT2D eigenvalue weighted by Gasteiger charge is 2.61. The summed E-state index contributed by atoms with van der Waals surface area (Å²) in [7, 11) is 0. The van der Waals surface area contributed by atoms with Crippen molar-refractivity contribution >= 4 is 29.2 Å². The molecule has 0 aromatic heterocycles. The number of rotatable bonds is 6. The minimum absolute atomic E-state index is 0.225. The molecule has 7 nitrogen and oxygen atoms in total. The Hall–Kier alpha value is -3.87. The van der Waals surface area contributed by atoms with Gasteiger partial charge in [-0.15, -0.1) is 0 Å². The number of imide groups is 1. The highest BCUT2D eigenvalue weighted by Crippen LogP contribution is 2.48. The lowest BCUT2D eigenvalue weighted by Gasteiger charge is -2.42. The van der Waals surface area contributed by atoms with Gasteiger partial charge in [0, 0.05) is 11.6 Å². The van der Waals surface area contributed by atoms with Crippen molar-refractivity contribution in [3.05, 3.63) is 59.2 Å². The zero-order chi connectivity index (χ0) is 25.5. The van der Waals surface area contributed by atoms with Gasteiger partial charge in [0.2, 0.25) is 5.91 Å². The zero-order valence-electron chi connectivity index (χ0n) is 18.9. The van der Waals surface area contributed by atoms with Crippen molar-refractivity contribution in [2.45, 2.75) is 50.7 Å². The molecule has 0 bridgehead atoms. The average molecular weight is 484 g/mol. The van der Waals surface area contributed by atoms with E-state index in [0.29, 0.717) is 43.9 Å². The molecular formula is C25H23F3N4O3. The molecule has 4 amide bonds. The first-order valence-electron chi connectivity index (χ1n) is 11.2. The Morgan fingerprint density at radius 1 is 1.14 bits per heavy atom. The Bertz CT molecular complexity index is 1230. The second kappa shape index (κ2) is 8.73. The molecule has 1 unspecified atom stereocenters. The van der Waals surface area contributed by atoms with Gasteiger partial charge in [0.05, 0.1) is 22.9 Å². The highest BCUT2D eigenvalue weighted by molar-refractivity contribution is 6.30. The van der Waals surface area contributed by atoms with E-state index in [9.17, 15) is 27.6 Å². The van der Waals surface area contributed by atoms with Crippen LogP contribution >= 0.6 is 0 Å². The molecule has 2 aliphatic rings. The topological polar surface area (TPSA) is 108 Å². The smallest absolute Gasteiger partial charge is 0.369 e. The molecule has 35 heavy (non-hydrogen) atoms. The lowest BCUT2D eigenvalue weighted by Crippen LogP contribution is -2.55. The second-order valence-electron chi connectivity index (χ2n) is 8.99. The van der Waals surface area contributed by atoms with Gasteiger partial charge in [-0.3, -0.25) is 14.5 Å². The number of carbonyl (C=O) groups excluding carboxylic acids is 3. The van der Waals surface area contributed by atoms with Crippen LogP contribution < -0.4 is 15.5 Å². The number of carbonyl (C=O) groups is 3. The lowest BCUT2D eigenvalue weighted by atomic mass is 9.75. The van der Waals surface area contributed by atoms with Gasteiger partial charge >= 0.3 is 12.2 Å². The molecule has 182 valence electrons. The van der Waals surface area contributed by atoms with Crippen LogP contribution in [0, 0.1) is 17.2 Å². The zero-order valence-corrected chi connectivity index (χ0v) is 18.9. The maximum Gasteiger partial charge on any atom is 0.417 e. The van der Waals surface area contributed by atoms with Crippen molar-refractivity contribution in [1.29, 1.82) is 5.26 Å². The number of anilines is 2. The molecule has 2 N–H and O–H groups in total. The molecule has 0 radical (unpaired) electrons. The van der Waals surface area contributed by atoms with Gasteiger partial charge in [-0.25, -0.2) is 9.69 Å². The summed E-state index contributed by atoms with van der Waals surface area (Å²) in [5.74, 6) is -1.24. The van der Waals surface area contributed by atoms with Crippen molar-refractivity contribution < 1.29 is 27.6 Å². The molecule has 2 fully saturated rings.